The fourth-order valence-corrected chi connectivity index (χ4v) is 3.72. The summed E-state index contributed by atoms with van der Waals surface area (Å²) >= 11 is 0. The second-order valence-corrected chi connectivity index (χ2v) is 7.36. The molecule has 1 fully saturated rings. The minimum Gasteiger partial charge on any atom is -0.476 e. The minimum atomic E-state index is -0.0390. The number of para-hydroxylation sites is 1. The molecule has 1 aliphatic heterocycles. The third-order valence-electron chi connectivity index (χ3n) is 5.15. The van der Waals surface area contributed by atoms with Gasteiger partial charge in [-0.2, -0.15) is 4.98 Å². The first kappa shape index (κ1) is 19.2. The summed E-state index contributed by atoms with van der Waals surface area (Å²) in [5.74, 6) is 2.15. The van der Waals surface area contributed by atoms with Crippen molar-refractivity contribution < 1.29 is 9.53 Å². The van der Waals surface area contributed by atoms with Crippen LogP contribution in [0.25, 0.3) is 10.9 Å². The fourth-order valence-electron chi connectivity index (χ4n) is 3.72. The summed E-state index contributed by atoms with van der Waals surface area (Å²) in [6.07, 6.45) is 5.61. The van der Waals surface area contributed by atoms with Crippen LogP contribution in [0.15, 0.2) is 42.6 Å². The average Bonchev–Trinajstić information content (AvgIpc) is 3.14. The van der Waals surface area contributed by atoms with E-state index >= 15 is 0 Å². The Balaban J connectivity index is 1.27. The van der Waals surface area contributed by atoms with E-state index in [9.17, 15) is 4.79 Å². The van der Waals surface area contributed by atoms with Crippen LogP contribution in [0.1, 0.15) is 25.1 Å². The molecular weight excluding hydrogens is 366 g/mol. The quantitative estimate of drug-likeness (QED) is 0.625. The maximum absolute atomic E-state index is 12.3. The number of carbonyl (C=O) groups excluding carboxylic acids is 1. The van der Waals surface area contributed by atoms with Gasteiger partial charge in [0.25, 0.3) is 0 Å². The molecule has 3 aromatic rings. The molecular formula is C22H27N5O2. The van der Waals surface area contributed by atoms with E-state index in [2.05, 4.69) is 20.2 Å². The van der Waals surface area contributed by atoms with Gasteiger partial charge in [0.2, 0.25) is 11.8 Å². The standard InChI is InChI=1S/C22H27N5O2/c1-17-24-20(26-11-5-2-6-12-26)15-22(25-17)29-14-10-23-21(28)16-27-13-9-18-7-3-4-8-19(18)27/h3-4,7-9,13,15H,2,5-6,10-12,14,16H2,1H3,(H,23,28). The summed E-state index contributed by atoms with van der Waals surface area (Å²) in [4.78, 5) is 23.5. The van der Waals surface area contributed by atoms with Crippen LogP contribution in [0.4, 0.5) is 5.82 Å². The average molecular weight is 393 g/mol. The summed E-state index contributed by atoms with van der Waals surface area (Å²) in [6, 6.07) is 11.9. The number of carbonyl (C=O) groups is 1. The Hall–Kier alpha value is -3.09. The summed E-state index contributed by atoms with van der Waals surface area (Å²) in [5, 5.41) is 4.04. The van der Waals surface area contributed by atoms with E-state index in [-0.39, 0.29) is 5.91 Å². The van der Waals surface area contributed by atoms with Gasteiger partial charge in [0.15, 0.2) is 0 Å². The maximum atomic E-state index is 12.3. The molecule has 0 aliphatic carbocycles. The first-order valence-electron chi connectivity index (χ1n) is 10.2. The van der Waals surface area contributed by atoms with Gasteiger partial charge >= 0.3 is 0 Å². The number of anilines is 1. The highest BCUT2D eigenvalue weighted by Gasteiger charge is 2.14. The molecule has 0 unspecified atom stereocenters. The molecule has 152 valence electrons. The molecule has 0 atom stereocenters. The largest absolute Gasteiger partial charge is 0.476 e. The Morgan fingerprint density at radius 3 is 2.83 bits per heavy atom. The lowest BCUT2D eigenvalue weighted by atomic mass is 10.1. The number of aromatic nitrogens is 3. The van der Waals surface area contributed by atoms with E-state index in [1.165, 1.54) is 19.3 Å². The van der Waals surface area contributed by atoms with Crippen molar-refractivity contribution in [3.05, 3.63) is 48.4 Å². The Kier molecular flexibility index (Phi) is 5.93. The van der Waals surface area contributed by atoms with Crippen LogP contribution < -0.4 is 15.0 Å². The highest BCUT2D eigenvalue weighted by Crippen LogP contribution is 2.21. The minimum absolute atomic E-state index is 0.0390. The lowest BCUT2D eigenvalue weighted by Gasteiger charge is -2.28. The normalized spacial score (nSPS) is 14.2. The zero-order valence-corrected chi connectivity index (χ0v) is 16.8. The lowest BCUT2D eigenvalue weighted by molar-refractivity contribution is -0.121. The molecule has 1 amide bonds. The molecule has 7 nitrogen and oxygen atoms in total. The van der Waals surface area contributed by atoms with Crippen molar-refractivity contribution in [2.75, 3.05) is 31.1 Å². The van der Waals surface area contributed by atoms with Gasteiger partial charge in [-0.15, -0.1) is 0 Å². The van der Waals surface area contributed by atoms with E-state index in [0.717, 1.165) is 29.8 Å². The number of piperidine rings is 1. The lowest BCUT2D eigenvalue weighted by Crippen LogP contribution is -2.31. The number of hydrogen-bond acceptors (Lipinski definition) is 5. The highest BCUT2D eigenvalue weighted by atomic mass is 16.5. The number of hydrogen-bond donors (Lipinski definition) is 1. The topological polar surface area (TPSA) is 72.3 Å². The number of amides is 1. The molecule has 7 heteroatoms. The number of nitrogens with zero attached hydrogens (tertiary/aromatic N) is 4. The van der Waals surface area contributed by atoms with Crippen molar-refractivity contribution in [1.82, 2.24) is 19.9 Å². The van der Waals surface area contributed by atoms with Crippen molar-refractivity contribution in [3.8, 4) is 5.88 Å². The molecule has 0 saturated carbocycles. The first-order chi connectivity index (χ1) is 14.2. The number of nitrogens with one attached hydrogen (secondary N) is 1. The van der Waals surface area contributed by atoms with Gasteiger partial charge in [-0.05, 0) is 43.7 Å². The molecule has 1 N–H and O–H groups in total. The van der Waals surface area contributed by atoms with Gasteiger partial charge in [-0.3, -0.25) is 4.79 Å². The molecule has 3 heterocycles. The summed E-state index contributed by atoms with van der Waals surface area (Å²) in [7, 11) is 0. The van der Waals surface area contributed by atoms with E-state index in [1.807, 2.05) is 54.1 Å². The van der Waals surface area contributed by atoms with Gasteiger partial charge in [-0.25, -0.2) is 4.98 Å². The van der Waals surface area contributed by atoms with Crippen molar-refractivity contribution in [2.45, 2.75) is 32.7 Å². The van der Waals surface area contributed by atoms with E-state index in [1.54, 1.807) is 0 Å². The van der Waals surface area contributed by atoms with E-state index in [0.29, 0.717) is 31.4 Å². The molecule has 0 spiro atoms. The zero-order chi connectivity index (χ0) is 20.1. The van der Waals surface area contributed by atoms with Crippen LogP contribution in [-0.4, -0.2) is 46.7 Å². The maximum Gasteiger partial charge on any atom is 0.240 e. The van der Waals surface area contributed by atoms with Crippen LogP contribution in [0, 0.1) is 6.92 Å². The monoisotopic (exact) mass is 393 g/mol. The van der Waals surface area contributed by atoms with Crippen LogP contribution in [0.5, 0.6) is 5.88 Å². The number of benzene rings is 1. The van der Waals surface area contributed by atoms with E-state index in [4.69, 9.17) is 4.74 Å². The molecule has 1 saturated heterocycles. The molecule has 1 aromatic carbocycles. The Labute approximate surface area is 170 Å². The van der Waals surface area contributed by atoms with Gasteiger partial charge in [-0.1, -0.05) is 18.2 Å². The second-order valence-electron chi connectivity index (χ2n) is 7.36. The zero-order valence-electron chi connectivity index (χ0n) is 16.8. The molecule has 0 bridgehead atoms. The van der Waals surface area contributed by atoms with Gasteiger partial charge in [0.1, 0.15) is 24.8 Å². The van der Waals surface area contributed by atoms with Gasteiger partial charge in [0.05, 0.1) is 6.54 Å². The smallest absolute Gasteiger partial charge is 0.240 e. The van der Waals surface area contributed by atoms with Crippen molar-refractivity contribution in [2.24, 2.45) is 0 Å². The molecule has 2 aromatic heterocycles. The van der Waals surface area contributed by atoms with Crippen molar-refractivity contribution in [1.29, 1.82) is 0 Å². The van der Waals surface area contributed by atoms with Crippen molar-refractivity contribution >= 4 is 22.6 Å². The van der Waals surface area contributed by atoms with Crippen LogP contribution in [-0.2, 0) is 11.3 Å². The number of fused-ring (bicyclic) bond motifs is 1. The summed E-state index contributed by atoms with van der Waals surface area (Å²) in [6.45, 7) is 5.02. The Morgan fingerprint density at radius 1 is 1.14 bits per heavy atom. The summed E-state index contributed by atoms with van der Waals surface area (Å²) < 4.78 is 7.72. The highest BCUT2D eigenvalue weighted by molar-refractivity contribution is 5.83. The molecule has 4 rings (SSSR count). The van der Waals surface area contributed by atoms with Gasteiger partial charge in [0, 0.05) is 30.9 Å². The summed E-state index contributed by atoms with van der Waals surface area (Å²) in [5.41, 5.74) is 1.06. The van der Waals surface area contributed by atoms with E-state index < -0.39 is 0 Å². The molecule has 1 aliphatic rings. The predicted octanol–water partition coefficient (Wildman–Crippen LogP) is 2.93. The van der Waals surface area contributed by atoms with Crippen LogP contribution in [0.2, 0.25) is 0 Å². The van der Waals surface area contributed by atoms with Crippen molar-refractivity contribution in [3.63, 3.8) is 0 Å². The van der Waals surface area contributed by atoms with Crippen LogP contribution >= 0.6 is 0 Å². The van der Waals surface area contributed by atoms with Crippen LogP contribution in [0.3, 0.4) is 0 Å². The van der Waals surface area contributed by atoms with Gasteiger partial charge < -0.3 is 19.5 Å². The predicted molar refractivity (Wildman–Crippen MR) is 113 cm³/mol. The Morgan fingerprint density at radius 2 is 1.97 bits per heavy atom. The number of aryl methyl sites for hydroxylation is 1. The Bertz CT molecular complexity index is 978. The number of rotatable bonds is 7. The third kappa shape index (κ3) is 4.85. The number of ether oxygens (including phenoxy) is 1. The fraction of sp³-hybridized carbons (Fsp3) is 0.409. The molecule has 29 heavy (non-hydrogen) atoms. The first-order valence-corrected chi connectivity index (χ1v) is 10.2. The second kappa shape index (κ2) is 8.94. The SMILES string of the molecule is Cc1nc(OCCNC(=O)Cn2ccc3ccccc32)cc(N2CCCCC2)n1. The third-order valence-corrected chi connectivity index (χ3v) is 5.15. The molecule has 0 radical (unpaired) electrons.